The number of rotatable bonds is 5. The molecule has 2 rings (SSSR count). The van der Waals surface area contributed by atoms with Gasteiger partial charge in [0.25, 0.3) is 0 Å². The fourth-order valence-electron chi connectivity index (χ4n) is 2.22. The average molecular weight is 316 g/mol. The van der Waals surface area contributed by atoms with Crippen LogP contribution in [0.5, 0.6) is 0 Å². The molecule has 1 unspecified atom stereocenters. The van der Waals surface area contributed by atoms with E-state index in [4.69, 9.17) is 0 Å². The van der Waals surface area contributed by atoms with Crippen LogP contribution in [0, 0.1) is 13.8 Å². The molecule has 1 aromatic heterocycles. The predicted molar refractivity (Wildman–Crippen MR) is 94.4 cm³/mol. The van der Waals surface area contributed by atoms with Gasteiger partial charge in [-0.15, -0.1) is 11.3 Å². The van der Waals surface area contributed by atoms with Gasteiger partial charge in [-0.05, 0) is 33.3 Å². The van der Waals surface area contributed by atoms with Gasteiger partial charge in [0, 0.05) is 11.4 Å². The van der Waals surface area contributed by atoms with Gasteiger partial charge < -0.3 is 10.6 Å². The third-order valence-corrected chi connectivity index (χ3v) is 4.44. The van der Waals surface area contributed by atoms with Crippen molar-refractivity contribution in [2.24, 2.45) is 4.99 Å². The minimum Gasteiger partial charge on any atom is -0.357 e. The zero-order valence-electron chi connectivity index (χ0n) is 13.7. The van der Waals surface area contributed by atoms with Gasteiger partial charge in [0.05, 0.1) is 23.3 Å². The van der Waals surface area contributed by atoms with E-state index in [1.54, 1.807) is 11.3 Å². The Kier molecular flexibility index (Phi) is 5.95. The summed E-state index contributed by atoms with van der Waals surface area (Å²) in [4.78, 5) is 10.4. The van der Waals surface area contributed by atoms with E-state index in [9.17, 15) is 0 Å². The highest BCUT2D eigenvalue weighted by Gasteiger charge is 2.08. The van der Waals surface area contributed by atoms with Crippen LogP contribution in [-0.2, 0) is 6.54 Å². The average Bonchev–Trinajstić information content (AvgIpc) is 2.83. The fraction of sp³-hybridized carbons (Fsp3) is 0.412. The lowest BCUT2D eigenvalue weighted by Gasteiger charge is -2.18. The largest absolute Gasteiger partial charge is 0.357 e. The smallest absolute Gasteiger partial charge is 0.192 e. The van der Waals surface area contributed by atoms with Crippen LogP contribution in [0.1, 0.15) is 41.0 Å². The van der Waals surface area contributed by atoms with Crippen molar-refractivity contribution < 1.29 is 0 Å². The number of guanidine groups is 1. The lowest BCUT2D eigenvalue weighted by Crippen LogP contribution is -2.38. The monoisotopic (exact) mass is 316 g/mol. The standard InChI is InChI=1S/C17H24N4S/c1-5-18-17(19-11-16-13(3)20-14(4)22-16)21-12(2)15-9-7-6-8-10-15/h6-10,12H,5,11H2,1-4H3,(H2,18,19,21). The highest BCUT2D eigenvalue weighted by Crippen LogP contribution is 2.18. The number of aliphatic imine (C=N–C) groups is 1. The second kappa shape index (κ2) is 7.94. The first-order chi connectivity index (χ1) is 10.6. The molecule has 0 spiro atoms. The molecule has 2 N–H and O–H groups in total. The van der Waals surface area contributed by atoms with E-state index in [0.29, 0.717) is 6.54 Å². The molecule has 4 nitrogen and oxygen atoms in total. The maximum absolute atomic E-state index is 4.69. The minimum atomic E-state index is 0.211. The summed E-state index contributed by atoms with van der Waals surface area (Å²) in [5.74, 6) is 0.837. The molecule has 0 aliphatic rings. The molecule has 0 saturated carbocycles. The summed E-state index contributed by atoms with van der Waals surface area (Å²) < 4.78 is 0. The first-order valence-corrected chi connectivity index (χ1v) is 8.44. The SMILES string of the molecule is CCNC(=NCc1sc(C)nc1C)NC(C)c1ccccc1. The molecule has 1 atom stereocenters. The third-order valence-electron chi connectivity index (χ3n) is 3.38. The predicted octanol–water partition coefficient (Wildman–Crippen LogP) is 3.58. The van der Waals surface area contributed by atoms with E-state index in [1.807, 2.05) is 19.9 Å². The Morgan fingerprint density at radius 2 is 2.00 bits per heavy atom. The van der Waals surface area contributed by atoms with Crippen molar-refractivity contribution in [3.63, 3.8) is 0 Å². The van der Waals surface area contributed by atoms with E-state index in [0.717, 1.165) is 23.2 Å². The molecule has 0 saturated heterocycles. The Morgan fingerprint density at radius 3 is 2.59 bits per heavy atom. The molecule has 0 bridgehead atoms. The van der Waals surface area contributed by atoms with Gasteiger partial charge in [-0.1, -0.05) is 30.3 Å². The molecular weight excluding hydrogens is 292 g/mol. The van der Waals surface area contributed by atoms with E-state index in [-0.39, 0.29) is 6.04 Å². The van der Waals surface area contributed by atoms with Crippen molar-refractivity contribution in [1.29, 1.82) is 0 Å². The number of nitrogens with zero attached hydrogens (tertiary/aromatic N) is 2. The minimum absolute atomic E-state index is 0.211. The number of thiazole rings is 1. The second-order valence-corrected chi connectivity index (χ2v) is 6.50. The molecule has 5 heteroatoms. The van der Waals surface area contributed by atoms with Gasteiger partial charge in [-0.25, -0.2) is 9.98 Å². The number of aryl methyl sites for hydroxylation is 2. The van der Waals surface area contributed by atoms with Gasteiger partial charge in [0.1, 0.15) is 0 Å². The summed E-state index contributed by atoms with van der Waals surface area (Å²) in [6.07, 6.45) is 0. The molecule has 0 aliphatic carbocycles. The van der Waals surface area contributed by atoms with Crippen LogP contribution in [0.15, 0.2) is 35.3 Å². The number of hydrogen-bond acceptors (Lipinski definition) is 3. The summed E-state index contributed by atoms with van der Waals surface area (Å²) in [7, 11) is 0. The summed E-state index contributed by atoms with van der Waals surface area (Å²) in [5.41, 5.74) is 2.33. The molecule has 118 valence electrons. The first-order valence-electron chi connectivity index (χ1n) is 7.62. The Hall–Kier alpha value is -1.88. The van der Waals surface area contributed by atoms with Crippen molar-refractivity contribution in [3.8, 4) is 0 Å². The van der Waals surface area contributed by atoms with E-state index in [1.165, 1.54) is 10.4 Å². The van der Waals surface area contributed by atoms with Crippen molar-refractivity contribution in [2.75, 3.05) is 6.54 Å². The van der Waals surface area contributed by atoms with E-state index >= 15 is 0 Å². The summed E-state index contributed by atoms with van der Waals surface area (Å²) >= 11 is 1.72. The van der Waals surface area contributed by atoms with Gasteiger partial charge >= 0.3 is 0 Å². The zero-order valence-corrected chi connectivity index (χ0v) is 14.5. The lowest BCUT2D eigenvalue weighted by molar-refractivity contribution is 0.686. The molecule has 0 amide bonds. The van der Waals surface area contributed by atoms with E-state index < -0.39 is 0 Å². The van der Waals surface area contributed by atoms with E-state index in [2.05, 4.69) is 58.7 Å². The molecule has 0 fully saturated rings. The maximum Gasteiger partial charge on any atom is 0.192 e. The Morgan fingerprint density at radius 1 is 1.27 bits per heavy atom. The van der Waals surface area contributed by atoms with Crippen LogP contribution in [0.3, 0.4) is 0 Å². The van der Waals surface area contributed by atoms with Crippen LogP contribution < -0.4 is 10.6 Å². The van der Waals surface area contributed by atoms with Crippen molar-refractivity contribution in [2.45, 2.75) is 40.3 Å². The van der Waals surface area contributed by atoms with Gasteiger partial charge in [-0.3, -0.25) is 0 Å². The van der Waals surface area contributed by atoms with Crippen molar-refractivity contribution >= 4 is 17.3 Å². The van der Waals surface area contributed by atoms with Crippen LogP contribution >= 0.6 is 11.3 Å². The fourth-order valence-corrected chi connectivity index (χ4v) is 3.08. The molecule has 0 aliphatic heterocycles. The number of benzene rings is 1. The molecule has 1 heterocycles. The van der Waals surface area contributed by atoms with Crippen molar-refractivity contribution in [1.82, 2.24) is 15.6 Å². The molecule has 2 aromatic rings. The molecule has 1 aromatic carbocycles. The van der Waals surface area contributed by atoms with Gasteiger partial charge in [0.15, 0.2) is 5.96 Å². The van der Waals surface area contributed by atoms with Gasteiger partial charge in [-0.2, -0.15) is 0 Å². The van der Waals surface area contributed by atoms with Crippen LogP contribution in [0.2, 0.25) is 0 Å². The highest BCUT2D eigenvalue weighted by molar-refractivity contribution is 7.11. The zero-order chi connectivity index (χ0) is 15.9. The number of nitrogens with one attached hydrogen (secondary N) is 2. The Balaban J connectivity index is 2.05. The summed E-state index contributed by atoms with van der Waals surface area (Å²) in [6.45, 7) is 9.80. The molecular formula is C17H24N4S. The van der Waals surface area contributed by atoms with Gasteiger partial charge in [0.2, 0.25) is 0 Å². The Labute approximate surface area is 136 Å². The first kappa shape index (κ1) is 16.5. The normalized spacial score (nSPS) is 13.0. The topological polar surface area (TPSA) is 49.3 Å². The number of hydrogen-bond donors (Lipinski definition) is 2. The van der Waals surface area contributed by atoms with Crippen LogP contribution in [0.4, 0.5) is 0 Å². The Bertz CT molecular complexity index is 619. The third kappa shape index (κ3) is 4.56. The maximum atomic E-state index is 4.69. The molecule has 0 radical (unpaired) electrons. The number of aromatic nitrogens is 1. The van der Waals surface area contributed by atoms with Crippen LogP contribution in [-0.4, -0.2) is 17.5 Å². The lowest BCUT2D eigenvalue weighted by atomic mass is 10.1. The second-order valence-electron chi connectivity index (χ2n) is 5.21. The van der Waals surface area contributed by atoms with Crippen LogP contribution in [0.25, 0.3) is 0 Å². The van der Waals surface area contributed by atoms with Crippen molar-refractivity contribution in [3.05, 3.63) is 51.5 Å². The highest BCUT2D eigenvalue weighted by atomic mass is 32.1. The summed E-state index contributed by atoms with van der Waals surface area (Å²) in [6, 6.07) is 10.6. The quantitative estimate of drug-likeness (QED) is 0.655. The summed E-state index contributed by atoms with van der Waals surface area (Å²) in [5, 5.41) is 7.85. The molecule has 22 heavy (non-hydrogen) atoms.